The Bertz CT molecular complexity index is 2700. The molecule has 7 aromatic carbocycles. The Morgan fingerprint density at radius 1 is 0.375 bits per heavy atom. The van der Waals surface area contributed by atoms with Crippen LogP contribution in [-0.4, -0.2) is 9.13 Å². The highest BCUT2D eigenvalue weighted by molar-refractivity contribution is 6.12. The van der Waals surface area contributed by atoms with Crippen LogP contribution in [0.1, 0.15) is 17.5 Å². The second-order valence-electron chi connectivity index (χ2n) is 12.9. The minimum atomic E-state index is 1.12. The fourth-order valence-corrected chi connectivity index (χ4v) is 7.85. The molecule has 2 nitrogen and oxygen atoms in total. The maximum absolute atomic E-state index is 2.43. The Morgan fingerprint density at radius 3 is 1.56 bits per heavy atom. The first-order valence-corrected chi connectivity index (χ1v) is 16.8. The van der Waals surface area contributed by atoms with Gasteiger partial charge in [0.15, 0.2) is 0 Å². The molecule has 2 heteroatoms. The zero-order chi connectivity index (χ0) is 31.6. The molecule has 1 aliphatic carbocycles. The van der Waals surface area contributed by atoms with Gasteiger partial charge in [-0.25, -0.2) is 0 Å². The van der Waals surface area contributed by atoms with Crippen molar-refractivity contribution in [2.24, 2.45) is 0 Å². The maximum atomic E-state index is 2.43. The number of benzene rings is 7. The molecule has 0 radical (unpaired) electrons. The number of hydrogen-bond acceptors (Lipinski definition) is 0. The molecule has 0 unspecified atom stereocenters. The largest absolute Gasteiger partial charge is 0.309 e. The lowest BCUT2D eigenvalue weighted by atomic mass is 9.97. The average molecular weight is 613 g/mol. The van der Waals surface area contributed by atoms with Crippen LogP contribution in [0.3, 0.4) is 0 Å². The Kier molecular flexibility index (Phi) is 6.04. The quantitative estimate of drug-likeness (QED) is 0.187. The van der Waals surface area contributed by atoms with Crippen molar-refractivity contribution in [3.05, 3.63) is 175 Å². The van der Waals surface area contributed by atoms with Gasteiger partial charge in [0.2, 0.25) is 0 Å². The van der Waals surface area contributed by atoms with Crippen molar-refractivity contribution in [1.82, 2.24) is 9.13 Å². The van der Waals surface area contributed by atoms with Gasteiger partial charge in [-0.1, -0.05) is 109 Å². The lowest BCUT2D eigenvalue weighted by molar-refractivity contribution is 0.982. The molecule has 48 heavy (non-hydrogen) atoms. The van der Waals surface area contributed by atoms with Crippen LogP contribution in [0.2, 0.25) is 0 Å². The third-order valence-electron chi connectivity index (χ3n) is 10.2. The molecule has 0 fully saturated rings. The molecule has 2 aromatic heterocycles. The number of nitrogens with zero attached hydrogens (tertiary/aromatic N) is 2. The van der Waals surface area contributed by atoms with E-state index in [1.165, 1.54) is 88.4 Å². The number of aromatic nitrogens is 2. The molecule has 0 amide bonds. The number of rotatable bonds is 4. The summed E-state index contributed by atoms with van der Waals surface area (Å²) in [6.07, 6.45) is 6.81. The van der Waals surface area contributed by atoms with Crippen LogP contribution in [0.5, 0.6) is 0 Å². The van der Waals surface area contributed by atoms with Gasteiger partial charge in [0.05, 0.1) is 22.1 Å². The number of para-hydroxylation sites is 2. The molecule has 0 aliphatic heterocycles. The van der Waals surface area contributed by atoms with Crippen LogP contribution in [0.15, 0.2) is 164 Å². The first kappa shape index (κ1) is 27.0. The topological polar surface area (TPSA) is 9.86 Å². The Hall–Kier alpha value is -6.12. The van der Waals surface area contributed by atoms with Gasteiger partial charge in [0, 0.05) is 32.9 Å². The summed E-state index contributed by atoms with van der Waals surface area (Å²) in [6.45, 7) is 0. The monoisotopic (exact) mass is 612 g/mol. The third-order valence-corrected chi connectivity index (χ3v) is 10.2. The SMILES string of the molecule is C1=Cc2cc(-n3c4ccccc4c4cc(-c5ccc6c(c5)c5ccccc5n6-c5ccc(-c6ccccc6)cc5)ccc43)ccc2CC1. The van der Waals surface area contributed by atoms with Crippen LogP contribution < -0.4 is 0 Å². The van der Waals surface area contributed by atoms with E-state index in [4.69, 9.17) is 0 Å². The predicted molar refractivity (Wildman–Crippen MR) is 203 cm³/mol. The van der Waals surface area contributed by atoms with E-state index >= 15 is 0 Å². The van der Waals surface area contributed by atoms with Crippen molar-refractivity contribution in [1.29, 1.82) is 0 Å². The molecule has 0 spiro atoms. The second kappa shape index (κ2) is 10.7. The highest BCUT2D eigenvalue weighted by atomic mass is 15.0. The van der Waals surface area contributed by atoms with Gasteiger partial charge in [0.25, 0.3) is 0 Å². The fraction of sp³-hybridized carbons (Fsp3) is 0.0435. The molecule has 0 saturated heterocycles. The summed E-state index contributed by atoms with van der Waals surface area (Å²) in [4.78, 5) is 0. The van der Waals surface area contributed by atoms with Crippen molar-refractivity contribution in [3.63, 3.8) is 0 Å². The van der Waals surface area contributed by atoms with Gasteiger partial charge in [0.1, 0.15) is 0 Å². The number of hydrogen-bond donors (Lipinski definition) is 0. The Labute approximate surface area is 279 Å². The van der Waals surface area contributed by atoms with E-state index in [1.807, 2.05) is 0 Å². The third kappa shape index (κ3) is 4.19. The summed E-state index contributed by atoms with van der Waals surface area (Å²) in [6, 6.07) is 58.0. The molecular formula is C46H32N2. The van der Waals surface area contributed by atoms with E-state index in [-0.39, 0.29) is 0 Å². The van der Waals surface area contributed by atoms with E-state index in [2.05, 4.69) is 179 Å². The zero-order valence-electron chi connectivity index (χ0n) is 26.5. The van der Waals surface area contributed by atoms with Gasteiger partial charge in [-0.3, -0.25) is 0 Å². The zero-order valence-corrected chi connectivity index (χ0v) is 26.5. The molecule has 226 valence electrons. The lowest BCUT2D eigenvalue weighted by Crippen LogP contribution is -1.99. The first-order chi connectivity index (χ1) is 23.8. The maximum Gasteiger partial charge on any atom is 0.0541 e. The fourth-order valence-electron chi connectivity index (χ4n) is 7.85. The van der Waals surface area contributed by atoms with Gasteiger partial charge in [-0.15, -0.1) is 0 Å². The molecule has 9 aromatic rings. The second-order valence-corrected chi connectivity index (χ2v) is 12.9. The summed E-state index contributed by atoms with van der Waals surface area (Å²) >= 11 is 0. The molecule has 0 N–H and O–H groups in total. The summed E-state index contributed by atoms with van der Waals surface area (Å²) in [5, 5.41) is 5.08. The van der Waals surface area contributed by atoms with Gasteiger partial charge in [-0.05, 0) is 107 Å². The number of aryl methyl sites for hydroxylation is 1. The summed E-state index contributed by atoms with van der Waals surface area (Å²) in [7, 11) is 0. The van der Waals surface area contributed by atoms with Gasteiger partial charge in [-0.2, -0.15) is 0 Å². The Morgan fingerprint density at radius 2 is 0.896 bits per heavy atom. The predicted octanol–water partition coefficient (Wildman–Crippen LogP) is 12.2. The van der Waals surface area contributed by atoms with Gasteiger partial charge < -0.3 is 9.13 Å². The van der Waals surface area contributed by atoms with E-state index in [9.17, 15) is 0 Å². The molecule has 0 bridgehead atoms. The van der Waals surface area contributed by atoms with E-state index in [0.29, 0.717) is 0 Å². The normalized spacial score (nSPS) is 12.8. The van der Waals surface area contributed by atoms with Crippen LogP contribution in [0.25, 0.3) is 83.3 Å². The number of allylic oxidation sites excluding steroid dienone is 1. The minimum absolute atomic E-state index is 1.12. The minimum Gasteiger partial charge on any atom is -0.309 e. The molecule has 0 saturated carbocycles. The first-order valence-electron chi connectivity index (χ1n) is 16.8. The standard InChI is InChI=1S/C46H32N2/c1-2-10-31(11-3-1)33-18-23-37(24-19-33)47-43-16-8-6-14-39(43)41-29-35(21-26-45(41)47)36-22-27-46-42(30-36)40-15-7-9-17-44(40)48(46)38-25-20-32-12-4-5-13-34(32)28-38/h1-3,5-11,13-30H,4,12H2. The summed E-state index contributed by atoms with van der Waals surface area (Å²) in [5.41, 5.74) is 15.0. The van der Waals surface area contributed by atoms with Crippen LogP contribution in [-0.2, 0) is 6.42 Å². The molecule has 0 atom stereocenters. The summed E-state index contributed by atoms with van der Waals surface area (Å²) < 4.78 is 4.82. The lowest BCUT2D eigenvalue weighted by Gasteiger charge is -2.14. The average Bonchev–Trinajstić information content (AvgIpc) is 3.67. The molecular weight excluding hydrogens is 581 g/mol. The summed E-state index contributed by atoms with van der Waals surface area (Å²) in [5.74, 6) is 0. The van der Waals surface area contributed by atoms with Gasteiger partial charge >= 0.3 is 0 Å². The Balaban J connectivity index is 1.11. The van der Waals surface area contributed by atoms with Crippen LogP contribution in [0.4, 0.5) is 0 Å². The molecule has 1 aliphatic rings. The smallest absolute Gasteiger partial charge is 0.0541 e. The van der Waals surface area contributed by atoms with Crippen molar-refractivity contribution in [3.8, 4) is 33.6 Å². The van der Waals surface area contributed by atoms with E-state index < -0.39 is 0 Å². The highest BCUT2D eigenvalue weighted by Gasteiger charge is 2.17. The van der Waals surface area contributed by atoms with E-state index in [0.717, 1.165) is 12.8 Å². The molecule has 2 heterocycles. The van der Waals surface area contributed by atoms with Crippen LogP contribution >= 0.6 is 0 Å². The van der Waals surface area contributed by atoms with Crippen molar-refractivity contribution in [2.45, 2.75) is 12.8 Å². The van der Waals surface area contributed by atoms with Crippen molar-refractivity contribution in [2.75, 3.05) is 0 Å². The highest BCUT2D eigenvalue weighted by Crippen LogP contribution is 2.39. The van der Waals surface area contributed by atoms with Crippen LogP contribution in [0, 0.1) is 0 Å². The van der Waals surface area contributed by atoms with Crippen molar-refractivity contribution < 1.29 is 0 Å². The number of fused-ring (bicyclic) bond motifs is 7. The molecule has 10 rings (SSSR count). The van der Waals surface area contributed by atoms with Crippen molar-refractivity contribution >= 4 is 49.7 Å². The van der Waals surface area contributed by atoms with E-state index in [1.54, 1.807) is 0 Å².